The summed E-state index contributed by atoms with van der Waals surface area (Å²) in [5, 5.41) is 6.33. The highest BCUT2D eigenvalue weighted by Crippen LogP contribution is 2.25. The minimum Gasteiger partial charge on any atom is -0.436 e. The molecule has 0 bridgehead atoms. The minimum absolute atomic E-state index is 0.230. The molecule has 0 radical (unpaired) electrons. The molecule has 0 unspecified atom stereocenters. The van der Waals surface area contributed by atoms with Gasteiger partial charge in [-0.05, 0) is 36.4 Å². The molecule has 0 saturated carbocycles. The van der Waals surface area contributed by atoms with Gasteiger partial charge in [0, 0.05) is 17.3 Å². The normalized spacial score (nSPS) is 10.8. The van der Waals surface area contributed by atoms with Crippen LogP contribution >= 0.6 is 0 Å². The minimum atomic E-state index is -0.326. The molecule has 1 N–H and O–H groups in total. The van der Waals surface area contributed by atoms with Crippen molar-refractivity contribution in [1.82, 2.24) is 10.1 Å². The molecule has 6 heteroatoms. The number of nitrogens with zero attached hydrogens (tertiary/aromatic N) is 2. The van der Waals surface area contributed by atoms with Gasteiger partial charge in [0.05, 0.1) is 0 Å². The lowest BCUT2D eigenvalue weighted by Gasteiger charge is -2.03. The quantitative estimate of drug-likeness (QED) is 0.623. The lowest BCUT2D eigenvalue weighted by Crippen LogP contribution is -2.11. The number of carbonyl (C=O) groups excluding carboxylic acids is 1. The molecular formula is C17H11N3O3. The number of para-hydroxylation sites is 2. The fraction of sp³-hybridized carbons (Fsp3) is 0. The first-order valence-corrected chi connectivity index (χ1v) is 6.97. The summed E-state index contributed by atoms with van der Waals surface area (Å²) in [5.41, 5.74) is 3.27. The number of benzene rings is 2. The van der Waals surface area contributed by atoms with Crippen LogP contribution < -0.4 is 5.32 Å². The number of carbonyl (C=O) groups is 1. The third kappa shape index (κ3) is 2.57. The first-order valence-electron chi connectivity index (χ1n) is 6.97. The Morgan fingerprint density at radius 2 is 1.83 bits per heavy atom. The van der Waals surface area contributed by atoms with Crippen LogP contribution in [-0.4, -0.2) is 16.0 Å². The predicted molar refractivity (Wildman–Crippen MR) is 83.9 cm³/mol. The van der Waals surface area contributed by atoms with Crippen LogP contribution in [0, 0.1) is 0 Å². The first-order chi connectivity index (χ1) is 11.3. The third-order valence-electron chi connectivity index (χ3n) is 3.35. The van der Waals surface area contributed by atoms with Gasteiger partial charge in [-0.15, -0.1) is 0 Å². The van der Waals surface area contributed by atoms with Gasteiger partial charge in [-0.1, -0.05) is 17.3 Å². The molecule has 4 aromatic rings. The number of aromatic nitrogens is 2. The van der Waals surface area contributed by atoms with E-state index in [4.69, 9.17) is 4.42 Å². The van der Waals surface area contributed by atoms with Crippen LogP contribution in [0.4, 0.5) is 5.69 Å². The number of nitrogens with one attached hydrogen (secondary N) is 1. The molecule has 112 valence electrons. The van der Waals surface area contributed by atoms with Crippen LogP contribution in [0.25, 0.3) is 22.6 Å². The summed E-state index contributed by atoms with van der Waals surface area (Å²) in [4.78, 5) is 16.3. The molecule has 2 heterocycles. The molecule has 6 nitrogen and oxygen atoms in total. The largest absolute Gasteiger partial charge is 0.436 e. The van der Waals surface area contributed by atoms with E-state index in [1.165, 1.54) is 12.3 Å². The number of oxazole rings is 1. The Hall–Kier alpha value is -3.41. The molecule has 0 aliphatic carbocycles. The topological polar surface area (TPSA) is 81.2 Å². The van der Waals surface area contributed by atoms with Gasteiger partial charge >= 0.3 is 0 Å². The Balaban J connectivity index is 1.57. The van der Waals surface area contributed by atoms with Crippen molar-refractivity contribution < 1.29 is 13.7 Å². The number of anilines is 1. The van der Waals surface area contributed by atoms with Gasteiger partial charge in [0.25, 0.3) is 5.91 Å². The van der Waals surface area contributed by atoms with Crippen LogP contribution in [-0.2, 0) is 0 Å². The second kappa shape index (κ2) is 5.42. The smallest absolute Gasteiger partial charge is 0.277 e. The molecule has 0 aliphatic rings. The molecule has 4 rings (SSSR count). The molecule has 0 spiro atoms. The first kappa shape index (κ1) is 13.3. The number of hydrogen-bond donors (Lipinski definition) is 1. The lowest BCUT2D eigenvalue weighted by molar-refractivity contribution is 0.101. The van der Waals surface area contributed by atoms with Gasteiger partial charge in [-0.3, -0.25) is 4.79 Å². The molecule has 2 aromatic heterocycles. The number of rotatable bonds is 3. The number of amides is 1. The molecule has 0 saturated heterocycles. The Bertz CT molecular complexity index is 923. The van der Waals surface area contributed by atoms with Crippen molar-refractivity contribution >= 4 is 22.7 Å². The molecule has 0 aliphatic heterocycles. The van der Waals surface area contributed by atoms with Crippen molar-refractivity contribution in [2.45, 2.75) is 0 Å². The Morgan fingerprint density at radius 1 is 1.00 bits per heavy atom. The molecule has 2 aromatic carbocycles. The highest BCUT2D eigenvalue weighted by atomic mass is 16.5. The summed E-state index contributed by atoms with van der Waals surface area (Å²) in [6.45, 7) is 0. The zero-order chi connectivity index (χ0) is 15.6. The van der Waals surface area contributed by atoms with Crippen LogP contribution in [0.15, 0.2) is 69.8 Å². The third-order valence-corrected chi connectivity index (χ3v) is 3.35. The van der Waals surface area contributed by atoms with Gasteiger partial charge in [0.2, 0.25) is 5.89 Å². The van der Waals surface area contributed by atoms with E-state index in [1.807, 2.05) is 36.4 Å². The van der Waals surface area contributed by atoms with E-state index in [9.17, 15) is 4.79 Å². The summed E-state index contributed by atoms with van der Waals surface area (Å²) < 4.78 is 10.4. The Morgan fingerprint density at radius 3 is 2.57 bits per heavy atom. The maximum absolute atomic E-state index is 11.9. The average molecular weight is 305 g/mol. The predicted octanol–water partition coefficient (Wildman–Crippen LogP) is 3.74. The zero-order valence-electron chi connectivity index (χ0n) is 11.9. The standard InChI is InChI=1S/C17H11N3O3/c21-16(14-9-10-22-20-14)18-12-7-5-11(6-8-12)17-19-13-3-1-2-4-15(13)23-17/h1-10H,(H,18,21). The summed E-state index contributed by atoms with van der Waals surface area (Å²) in [6, 6.07) is 16.3. The van der Waals surface area contributed by atoms with Gasteiger partial charge < -0.3 is 14.3 Å². The van der Waals surface area contributed by atoms with Crippen LogP contribution in [0.1, 0.15) is 10.5 Å². The molecular weight excluding hydrogens is 294 g/mol. The summed E-state index contributed by atoms with van der Waals surface area (Å²) in [6.07, 6.45) is 1.35. The van der Waals surface area contributed by atoms with Crippen LogP contribution in [0.5, 0.6) is 0 Å². The van der Waals surface area contributed by atoms with E-state index < -0.39 is 0 Å². The molecule has 1 amide bonds. The fourth-order valence-corrected chi connectivity index (χ4v) is 2.22. The SMILES string of the molecule is O=C(Nc1ccc(-c2nc3ccccc3o2)cc1)c1ccon1. The van der Waals surface area contributed by atoms with Crippen molar-refractivity contribution in [2.75, 3.05) is 5.32 Å². The van der Waals surface area contributed by atoms with Crippen molar-refractivity contribution in [3.63, 3.8) is 0 Å². The number of hydrogen-bond acceptors (Lipinski definition) is 5. The van der Waals surface area contributed by atoms with Crippen LogP contribution in [0.2, 0.25) is 0 Å². The summed E-state index contributed by atoms with van der Waals surface area (Å²) in [5.74, 6) is 0.217. The lowest BCUT2D eigenvalue weighted by atomic mass is 10.2. The van der Waals surface area contributed by atoms with E-state index >= 15 is 0 Å². The summed E-state index contributed by atoms with van der Waals surface area (Å²) >= 11 is 0. The van der Waals surface area contributed by atoms with E-state index in [0.29, 0.717) is 11.6 Å². The van der Waals surface area contributed by atoms with E-state index in [1.54, 1.807) is 12.1 Å². The maximum Gasteiger partial charge on any atom is 0.277 e. The van der Waals surface area contributed by atoms with Crippen molar-refractivity contribution in [3.8, 4) is 11.5 Å². The van der Waals surface area contributed by atoms with E-state index in [2.05, 4.69) is 20.0 Å². The maximum atomic E-state index is 11.9. The van der Waals surface area contributed by atoms with Gasteiger partial charge in [-0.25, -0.2) is 4.98 Å². The van der Waals surface area contributed by atoms with Crippen molar-refractivity contribution in [3.05, 3.63) is 66.6 Å². The Kier molecular flexibility index (Phi) is 3.12. The van der Waals surface area contributed by atoms with Gasteiger partial charge in [-0.2, -0.15) is 0 Å². The zero-order valence-corrected chi connectivity index (χ0v) is 11.9. The van der Waals surface area contributed by atoms with Gasteiger partial charge in [0.15, 0.2) is 11.3 Å². The fourth-order valence-electron chi connectivity index (χ4n) is 2.22. The number of fused-ring (bicyclic) bond motifs is 1. The highest BCUT2D eigenvalue weighted by molar-refractivity contribution is 6.02. The van der Waals surface area contributed by atoms with Gasteiger partial charge in [0.1, 0.15) is 11.8 Å². The second-order valence-corrected chi connectivity index (χ2v) is 4.90. The average Bonchev–Trinajstić information content (AvgIpc) is 3.25. The Labute approximate surface area is 130 Å². The molecule has 0 fully saturated rings. The van der Waals surface area contributed by atoms with E-state index in [0.717, 1.165) is 16.7 Å². The van der Waals surface area contributed by atoms with Crippen molar-refractivity contribution in [1.29, 1.82) is 0 Å². The molecule has 0 atom stereocenters. The monoisotopic (exact) mass is 305 g/mol. The highest BCUT2D eigenvalue weighted by Gasteiger charge is 2.10. The summed E-state index contributed by atoms with van der Waals surface area (Å²) in [7, 11) is 0. The second-order valence-electron chi connectivity index (χ2n) is 4.90. The van der Waals surface area contributed by atoms with E-state index in [-0.39, 0.29) is 11.6 Å². The van der Waals surface area contributed by atoms with Crippen molar-refractivity contribution in [2.24, 2.45) is 0 Å². The van der Waals surface area contributed by atoms with Crippen LogP contribution in [0.3, 0.4) is 0 Å². The molecule has 23 heavy (non-hydrogen) atoms.